The first-order valence-corrected chi connectivity index (χ1v) is 18.8. The first-order valence-electron chi connectivity index (χ1n) is 18.0. The van der Waals surface area contributed by atoms with Crippen LogP contribution in [0.5, 0.6) is 0 Å². The van der Waals surface area contributed by atoms with Gasteiger partial charge in [0.25, 0.3) is 0 Å². The van der Waals surface area contributed by atoms with E-state index < -0.39 is 0 Å². The molecule has 0 radical (unpaired) electrons. The molecule has 0 aliphatic heterocycles. The zero-order valence-corrected chi connectivity index (χ0v) is 29.0. The molecule has 0 amide bonds. The highest BCUT2D eigenvalue weighted by Crippen LogP contribution is 2.47. The van der Waals surface area contributed by atoms with Gasteiger partial charge < -0.3 is 4.40 Å². The average molecular weight is 691 g/mol. The molecule has 0 aliphatic rings. The van der Waals surface area contributed by atoms with Crippen molar-refractivity contribution in [3.05, 3.63) is 158 Å². The Balaban J connectivity index is 1.22. The van der Waals surface area contributed by atoms with E-state index in [9.17, 15) is 0 Å². The Morgan fingerprint density at radius 2 is 1.11 bits per heavy atom. The molecule has 0 bridgehead atoms. The van der Waals surface area contributed by atoms with Crippen LogP contribution < -0.4 is 0 Å². The summed E-state index contributed by atoms with van der Waals surface area (Å²) in [5, 5.41) is 13.6. The van der Waals surface area contributed by atoms with Crippen molar-refractivity contribution in [2.45, 2.75) is 0 Å². The van der Waals surface area contributed by atoms with Crippen LogP contribution in [-0.2, 0) is 0 Å². The molecule has 13 aromatic rings. The van der Waals surface area contributed by atoms with Gasteiger partial charge in [-0.05, 0) is 52.6 Å². The maximum Gasteiger partial charge on any atom is 0.235 e. The fraction of sp³-hybridized carbons (Fsp3) is 0. The molecule has 8 aromatic carbocycles. The summed E-state index contributed by atoms with van der Waals surface area (Å²) in [5.74, 6) is 0.671. The molecule has 0 saturated carbocycles. The van der Waals surface area contributed by atoms with Gasteiger partial charge >= 0.3 is 0 Å². The highest BCUT2D eigenvalue weighted by Gasteiger charge is 2.25. The molecule has 0 atom stereocenters. The van der Waals surface area contributed by atoms with Gasteiger partial charge in [-0.2, -0.15) is 0 Å². The van der Waals surface area contributed by atoms with Gasteiger partial charge in [0, 0.05) is 58.1 Å². The zero-order chi connectivity index (χ0) is 34.4. The number of rotatable bonds is 2. The van der Waals surface area contributed by atoms with Gasteiger partial charge in [-0.25, -0.2) is 9.97 Å². The van der Waals surface area contributed by atoms with Crippen LogP contribution in [0.25, 0.3) is 119 Å². The predicted octanol–water partition coefficient (Wildman–Crippen LogP) is 13.1. The lowest BCUT2D eigenvalue weighted by atomic mass is 10.0. The predicted molar refractivity (Wildman–Crippen MR) is 224 cm³/mol. The minimum Gasteiger partial charge on any atom is -0.308 e. The number of benzene rings is 8. The molecule has 0 unspecified atom stereocenters. The average Bonchev–Trinajstić information content (AvgIpc) is 3.85. The first-order chi connectivity index (χ1) is 26.3. The zero-order valence-electron chi connectivity index (χ0n) is 28.2. The van der Waals surface area contributed by atoms with E-state index in [2.05, 4.69) is 167 Å². The Bertz CT molecular complexity index is 3680. The molecule has 0 N–H and O–H groups in total. The fourth-order valence-corrected chi connectivity index (χ4v) is 10.6. The molecule has 244 valence electrons. The second-order valence-electron chi connectivity index (χ2n) is 14.1. The van der Waals surface area contributed by atoms with E-state index in [0.717, 1.165) is 38.6 Å². The summed E-state index contributed by atoms with van der Waals surface area (Å²) < 4.78 is 7.49. The van der Waals surface area contributed by atoms with Gasteiger partial charge in [-0.3, -0.25) is 4.57 Å². The summed E-state index contributed by atoms with van der Waals surface area (Å²) in [7, 11) is 0. The van der Waals surface area contributed by atoms with Crippen molar-refractivity contribution in [3.8, 4) is 17.2 Å². The topological polar surface area (TPSA) is 35.1 Å². The molecule has 4 nitrogen and oxygen atoms in total. The Labute approximate surface area is 305 Å². The molecule has 5 heterocycles. The summed E-state index contributed by atoms with van der Waals surface area (Å²) in [6.07, 6.45) is 0. The third kappa shape index (κ3) is 3.50. The van der Waals surface area contributed by atoms with Crippen molar-refractivity contribution in [3.63, 3.8) is 0 Å². The summed E-state index contributed by atoms with van der Waals surface area (Å²) in [4.78, 5) is 10.9. The highest BCUT2D eigenvalue weighted by molar-refractivity contribution is 7.26. The lowest BCUT2D eigenvalue weighted by Gasteiger charge is -2.13. The summed E-state index contributed by atoms with van der Waals surface area (Å²) in [6, 6.07) is 57.2. The molecule has 5 aromatic heterocycles. The molecule has 0 saturated heterocycles. The minimum atomic E-state index is 0.671. The van der Waals surface area contributed by atoms with E-state index in [1.807, 2.05) is 11.3 Å². The van der Waals surface area contributed by atoms with Crippen molar-refractivity contribution in [1.82, 2.24) is 18.9 Å². The Hall–Kier alpha value is -6.82. The molecule has 5 heteroatoms. The second kappa shape index (κ2) is 9.94. The highest BCUT2D eigenvalue weighted by atomic mass is 32.1. The van der Waals surface area contributed by atoms with Gasteiger partial charge in [-0.1, -0.05) is 121 Å². The van der Waals surface area contributed by atoms with Crippen molar-refractivity contribution < 1.29 is 0 Å². The smallest absolute Gasteiger partial charge is 0.235 e. The molecule has 0 aliphatic carbocycles. The van der Waals surface area contributed by atoms with Crippen molar-refractivity contribution in [1.29, 1.82) is 0 Å². The van der Waals surface area contributed by atoms with Gasteiger partial charge in [0.2, 0.25) is 5.95 Å². The molecule has 13 rings (SSSR count). The normalized spacial score (nSPS) is 12.5. The van der Waals surface area contributed by atoms with Gasteiger partial charge in [0.15, 0.2) is 0 Å². The van der Waals surface area contributed by atoms with E-state index in [1.165, 1.54) is 74.4 Å². The van der Waals surface area contributed by atoms with E-state index in [-0.39, 0.29) is 0 Å². The van der Waals surface area contributed by atoms with Crippen molar-refractivity contribution in [2.75, 3.05) is 0 Å². The van der Waals surface area contributed by atoms with Crippen LogP contribution in [0.3, 0.4) is 0 Å². The lowest BCUT2D eigenvalue weighted by molar-refractivity contribution is 1.01. The number of nitrogens with zero attached hydrogens (tertiary/aromatic N) is 4. The summed E-state index contributed by atoms with van der Waals surface area (Å²) in [6.45, 7) is 0. The Morgan fingerprint density at radius 1 is 0.415 bits per heavy atom. The van der Waals surface area contributed by atoms with Gasteiger partial charge in [0.1, 0.15) is 0 Å². The minimum absolute atomic E-state index is 0.671. The monoisotopic (exact) mass is 690 g/mol. The van der Waals surface area contributed by atoms with Crippen LogP contribution in [0.2, 0.25) is 0 Å². The first kappa shape index (κ1) is 27.8. The van der Waals surface area contributed by atoms with Crippen LogP contribution >= 0.6 is 11.3 Å². The number of aromatic nitrogens is 4. The quantitative estimate of drug-likeness (QED) is 0.169. The number of para-hydroxylation sites is 1. The maximum absolute atomic E-state index is 5.49. The SMILES string of the molecule is c1ccc(-c2nc(-n3c4cccc5c6cccc7c8c9sc%10ccccc%10c9ccc8n(c8cccc3c8c54)c67)nc3ccc4ccccc4c23)cc1. The van der Waals surface area contributed by atoms with E-state index in [1.54, 1.807) is 0 Å². The lowest BCUT2D eigenvalue weighted by Crippen LogP contribution is -2.04. The number of thiophene rings is 1. The van der Waals surface area contributed by atoms with E-state index in [4.69, 9.17) is 9.97 Å². The second-order valence-corrected chi connectivity index (χ2v) is 15.1. The number of fused-ring (bicyclic) bond motifs is 12. The van der Waals surface area contributed by atoms with Crippen molar-refractivity contribution >= 4 is 113 Å². The number of hydrogen-bond donors (Lipinski definition) is 0. The third-order valence-corrected chi connectivity index (χ3v) is 12.6. The van der Waals surface area contributed by atoms with E-state index >= 15 is 0 Å². The van der Waals surface area contributed by atoms with Gasteiger partial charge in [0.05, 0.1) is 38.8 Å². The van der Waals surface area contributed by atoms with Crippen LogP contribution in [0.1, 0.15) is 0 Å². The molecular formula is C48H26N4S. The van der Waals surface area contributed by atoms with Crippen molar-refractivity contribution in [2.24, 2.45) is 0 Å². The Morgan fingerprint density at radius 3 is 2.04 bits per heavy atom. The third-order valence-electron chi connectivity index (χ3n) is 11.4. The largest absolute Gasteiger partial charge is 0.308 e. The standard InChI is InChI=1S/C48H26N4S/c1-2-12-28(13-3-1)45-41-29-14-5-4-11-27(29)23-25-35(41)49-48(50-45)52-36-19-9-16-31-32-17-8-18-34-43-39(26-24-33-30-15-6-7-22-40(30)53-47(33)43)51(46(32)34)37-20-10-21-38(52)44(37)42(31)36/h1-26H. The van der Waals surface area contributed by atoms with Gasteiger partial charge in [-0.15, -0.1) is 11.3 Å². The molecule has 0 fully saturated rings. The molecule has 53 heavy (non-hydrogen) atoms. The summed E-state index contributed by atoms with van der Waals surface area (Å²) >= 11 is 1.90. The molecule has 0 spiro atoms. The molecular weight excluding hydrogens is 665 g/mol. The number of hydrogen-bond acceptors (Lipinski definition) is 3. The fourth-order valence-electron chi connectivity index (χ4n) is 9.31. The Kier molecular flexibility index (Phi) is 5.22. The van der Waals surface area contributed by atoms with E-state index in [0.29, 0.717) is 5.95 Å². The summed E-state index contributed by atoms with van der Waals surface area (Å²) in [5.41, 5.74) is 8.80. The maximum atomic E-state index is 5.49. The van der Waals surface area contributed by atoms with Crippen LogP contribution in [0.15, 0.2) is 158 Å². The van der Waals surface area contributed by atoms with Crippen LogP contribution in [-0.4, -0.2) is 18.9 Å². The van der Waals surface area contributed by atoms with Crippen LogP contribution in [0, 0.1) is 0 Å². The van der Waals surface area contributed by atoms with Crippen LogP contribution in [0.4, 0.5) is 0 Å².